The summed E-state index contributed by atoms with van der Waals surface area (Å²) in [6.07, 6.45) is -0.531. The maximum atomic E-state index is 12.0. The van der Waals surface area contributed by atoms with Gasteiger partial charge >= 0.3 is 18.0 Å². The van der Waals surface area contributed by atoms with Crippen LogP contribution in [0.3, 0.4) is 0 Å². The zero-order valence-corrected chi connectivity index (χ0v) is 17.7. The van der Waals surface area contributed by atoms with E-state index in [1.807, 2.05) is 0 Å². The minimum absolute atomic E-state index is 0.115. The van der Waals surface area contributed by atoms with Gasteiger partial charge in [-0.25, -0.2) is 9.78 Å². The first-order valence-electron chi connectivity index (χ1n) is 8.53. The van der Waals surface area contributed by atoms with Gasteiger partial charge in [0.1, 0.15) is 11.2 Å². The van der Waals surface area contributed by atoms with Crippen molar-refractivity contribution in [1.29, 1.82) is 0 Å². The molecule has 0 aliphatic heterocycles. The van der Waals surface area contributed by atoms with Gasteiger partial charge in [-0.15, -0.1) is 11.3 Å². The summed E-state index contributed by atoms with van der Waals surface area (Å²) in [7, 11) is 1.26. The topological polar surface area (TPSA) is 104 Å². The molecule has 1 aromatic rings. The van der Waals surface area contributed by atoms with Crippen LogP contribution < -0.4 is 5.32 Å². The van der Waals surface area contributed by atoms with Crippen molar-refractivity contribution in [3.63, 3.8) is 0 Å². The van der Waals surface area contributed by atoms with Crippen LogP contribution in [0.15, 0.2) is 5.38 Å². The predicted octanol–water partition coefficient (Wildman–Crippen LogP) is 3.55. The van der Waals surface area contributed by atoms with Gasteiger partial charge in [0, 0.05) is 11.8 Å². The number of anilines is 1. The Balaban J connectivity index is 2.74. The Bertz CT molecular complexity index is 672. The van der Waals surface area contributed by atoms with Crippen LogP contribution in [0.2, 0.25) is 0 Å². The minimum Gasteiger partial charge on any atom is -0.469 e. The van der Waals surface area contributed by atoms with Crippen molar-refractivity contribution in [2.45, 2.75) is 65.6 Å². The number of ether oxygens (including phenoxy) is 3. The van der Waals surface area contributed by atoms with Crippen molar-refractivity contribution in [3.8, 4) is 0 Å². The molecular weight excluding hydrogens is 372 g/mol. The summed E-state index contributed by atoms with van der Waals surface area (Å²) in [4.78, 5) is 40.1. The van der Waals surface area contributed by atoms with E-state index in [2.05, 4.69) is 10.3 Å². The fraction of sp³-hybridized carbons (Fsp3) is 0.667. The molecule has 0 aliphatic carbocycles. The normalized spacial score (nSPS) is 12.9. The molecule has 0 bridgehead atoms. The molecule has 0 fully saturated rings. The lowest BCUT2D eigenvalue weighted by Crippen LogP contribution is -2.28. The lowest BCUT2D eigenvalue weighted by Gasteiger charge is -2.21. The number of carbonyl (C=O) groups excluding carboxylic acids is 3. The molecule has 0 saturated heterocycles. The second kappa shape index (κ2) is 9.16. The molecule has 1 N–H and O–H groups in total. The Morgan fingerprint density at radius 1 is 1.11 bits per heavy atom. The highest BCUT2D eigenvalue weighted by Gasteiger charge is 2.27. The molecule has 1 atom stereocenters. The van der Waals surface area contributed by atoms with E-state index in [4.69, 9.17) is 14.2 Å². The predicted molar refractivity (Wildman–Crippen MR) is 102 cm³/mol. The number of hydrogen-bond acceptors (Lipinski definition) is 8. The van der Waals surface area contributed by atoms with Gasteiger partial charge in [0.15, 0.2) is 5.13 Å². The van der Waals surface area contributed by atoms with Crippen molar-refractivity contribution >= 4 is 34.5 Å². The Labute approximate surface area is 163 Å². The molecule has 27 heavy (non-hydrogen) atoms. The lowest BCUT2D eigenvalue weighted by molar-refractivity contribution is -0.160. The van der Waals surface area contributed by atoms with Crippen molar-refractivity contribution in [1.82, 2.24) is 4.98 Å². The minimum atomic E-state index is -0.721. The van der Waals surface area contributed by atoms with Crippen LogP contribution in [0.4, 0.5) is 9.93 Å². The first-order chi connectivity index (χ1) is 12.3. The number of nitrogens with zero attached hydrogens (tertiary/aromatic N) is 1. The van der Waals surface area contributed by atoms with Gasteiger partial charge in [-0.1, -0.05) is 0 Å². The highest BCUT2D eigenvalue weighted by Crippen LogP contribution is 2.22. The maximum absolute atomic E-state index is 12.0. The number of thiazole rings is 1. The molecule has 0 spiro atoms. The van der Waals surface area contributed by atoms with E-state index in [0.29, 0.717) is 10.8 Å². The average molecular weight is 400 g/mol. The summed E-state index contributed by atoms with van der Waals surface area (Å²) >= 11 is 1.20. The zero-order chi connectivity index (χ0) is 20.8. The summed E-state index contributed by atoms with van der Waals surface area (Å²) in [5.41, 5.74) is -0.693. The number of hydrogen-bond donors (Lipinski definition) is 1. The standard InChI is InChI=1S/C18H28N2O6S/c1-17(2,3)25-13(21)9-11(14(22)24-7)8-12-10-27-15(19-12)20-16(23)26-18(4,5)6/h10-11H,8-9H2,1-7H3,(H,19,20,23). The van der Waals surface area contributed by atoms with Crippen molar-refractivity contribution in [2.24, 2.45) is 5.92 Å². The van der Waals surface area contributed by atoms with Crippen molar-refractivity contribution in [3.05, 3.63) is 11.1 Å². The Morgan fingerprint density at radius 3 is 2.22 bits per heavy atom. The molecule has 152 valence electrons. The van der Waals surface area contributed by atoms with Crippen LogP contribution in [0.5, 0.6) is 0 Å². The summed E-state index contributed by atoms with van der Waals surface area (Å²) < 4.78 is 15.2. The highest BCUT2D eigenvalue weighted by molar-refractivity contribution is 7.13. The first kappa shape index (κ1) is 22.9. The van der Waals surface area contributed by atoms with E-state index in [9.17, 15) is 14.4 Å². The smallest absolute Gasteiger partial charge is 0.413 e. The van der Waals surface area contributed by atoms with Crippen LogP contribution in [-0.4, -0.2) is 41.3 Å². The fourth-order valence-electron chi connectivity index (χ4n) is 2.09. The van der Waals surface area contributed by atoms with E-state index < -0.39 is 35.2 Å². The number of carbonyl (C=O) groups is 3. The number of methoxy groups -OCH3 is 1. The lowest BCUT2D eigenvalue weighted by atomic mass is 10.00. The Kier molecular flexibility index (Phi) is 7.77. The van der Waals surface area contributed by atoms with Crippen LogP contribution in [0.25, 0.3) is 0 Å². The molecule has 0 aliphatic rings. The van der Waals surface area contributed by atoms with Gasteiger partial charge in [0.2, 0.25) is 0 Å². The van der Waals surface area contributed by atoms with E-state index in [1.165, 1.54) is 18.4 Å². The van der Waals surface area contributed by atoms with Crippen LogP contribution in [-0.2, 0) is 30.2 Å². The number of aromatic nitrogens is 1. The Morgan fingerprint density at radius 2 is 1.70 bits per heavy atom. The Hall–Kier alpha value is -2.16. The van der Waals surface area contributed by atoms with Crippen LogP contribution in [0.1, 0.15) is 53.7 Å². The third kappa shape index (κ3) is 9.37. The zero-order valence-electron chi connectivity index (χ0n) is 16.9. The first-order valence-corrected chi connectivity index (χ1v) is 9.41. The number of nitrogens with one attached hydrogen (secondary N) is 1. The average Bonchev–Trinajstić information content (AvgIpc) is 2.88. The molecule has 1 unspecified atom stereocenters. The molecule has 1 amide bonds. The van der Waals surface area contributed by atoms with Gasteiger partial charge in [-0.3, -0.25) is 14.9 Å². The molecule has 1 rings (SSSR count). The fourth-order valence-corrected chi connectivity index (χ4v) is 2.80. The van der Waals surface area contributed by atoms with Crippen molar-refractivity contribution < 1.29 is 28.6 Å². The van der Waals surface area contributed by atoms with E-state index in [-0.39, 0.29) is 12.8 Å². The third-order valence-electron chi connectivity index (χ3n) is 2.98. The second-order valence-electron chi connectivity index (χ2n) is 7.99. The van der Waals surface area contributed by atoms with Gasteiger partial charge in [-0.05, 0) is 41.5 Å². The molecule has 9 heteroatoms. The molecule has 0 aromatic carbocycles. The van der Waals surface area contributed by atoms with Gasteiger partial charge < -0.3 is 14.2 Å². The molecular formula is C18H28N2O6S. The highest BCUT2D eigenvalue weighted by atomic mass is 32.1. The van der Waals surface area contributed by atoms with E-state index in [1.54, 1.807) is 46.9 Å². The summed E-state index contributed by atoms with van der Waals surface area (Å²) in [6.45, 7) is 10.6. The van der Waals surface area contributed by atoms with E-state index >= 15 is 0 Å². The number of rotatable bonds is 6. The van der Waals surface area contributed by atoms with Gasteiger partial charge in [0.05, 0.1) is 25.1 Å². The molecule has 1 aromatic heterocycles. The molecule has 1 heterocycles. The summed E-state index contributed by atoms with van der Waals surface area (Å²) in [6, 6.07) is 0. The summed E-state index contributed by atoms with van der Waals surface area (Å²) in [5.74, 6) is -1.72. The largest absolute Gasteiger partial charge is 0.469 e. The van der Waals surface area contributed by atoms with Crippen LogP contribution >= 0.6 is 11.3 Å². The SMILES string of the molecule is COC(=O)C(CC(=O)OC(C)(C)C)Cc1csc(NC(=O)OC(C)(C)C)n1. The number of esters is 2. The third-order valence-corrected chi connectivity index (χ3v) is 3.79. The van der Waals surface area contributed by atoms with Gasteiger partial charge in [0.25, 0.3) is 0 Å². The second-order valence-corrected chi connectivity index (χ2v) is 8.84. The molecule has 0 radical (unpaired) electrons. The van der Waals surface area contributed by atoms with Gasteiger partial charge in [-0.2, -0.15) is 0 Å². The monoisotopic (exact) mass is 400 g/mol. The summed E-state index contributed by atoms with van der Waals surface area (Å²) in [5, 5.41) is 4.60. The van der Waals surface area contributed by atoms with Crippen molar-refractivity contribution in [2.75, 3.05) is 12.4 Å². The quantitative estimate of drug-likeness (QED) is 0.575. The number of amides is 1. The van der Waals surface area contributed by atoms with E-state index in [0.717, 1.165) is 0 Å². The molecule has 0 saturated carbocycles. The molecule has 8 nitrogen and oxygen atoms in total. The van der Waals surface area contributed by atoms with Crippen LogP contribution in [0, 0.1) is 5.92 Å². The maximum Gasteiger partial charge on any atom is 0.413 e.